The smallest absolute Gasteiger partial charge is 0.314 e. The Hall–Kier alpha value is -2.08. The fourth-order valence-electron chi connectivity index (χ4n) is 5.27. The van der Waals surface area contributed by atoms with Gasteiger partial charge in [-0.2, -0.15) is 5.26 Å². The summed E-state index contributed by atoms with van der Waals surface area (Å²) in [6.45, 7) is 2.30. The first-order chi connectivity index (χ1) is 15.2. The minimum atomic E-state index is -0.123. The summed E-state index contributed by atoms with van der Waals surface area (Å²) >= 11 is 0. The highest BCUT2D eigenvalue weighted by Gasteiger charge is 2.27. The molecule has 0 heterocycles. The Morgan fingerprint density at radius 1 is 1.00 bits per heavy atom. The van der Waals surface area contributed by atoms with Gasteiger partial charge in [0.1, 0.15) is 5.75 Å². The molecule has 3 nitrogen and oxygen atoms in total. The molecule has 0 spiro atoms. The SMILES string of the molecule is CCCCC1CCC(CC/C=C/C2CCC(C(=O)Oc3ccc(C#N)cc3)CC2)CC1. The Bertz CT molecular complexity index is 729. The minimum Gasteiger partial charge on any atom is -0.426 e. The lowest BCUT2D eigenvalue weighted by atomic mass is 9.78. The average molecular weight is 422 g/mol. The van der Waals surface area contributed by atoms with Crippen LogP contribution in [-0.4, -0.2) is 5.97 Å². The molecule has 0 unspecified atom stereocenters. The van der Waals surface area contributed by atoms with Gasteiger partial charge in [-0.25, -0.2) is 0 Å². The second kappa shape index (κ2) is 12.7. The molecule has 168 valence electrons. The van der Waals surface area contributed by atoms with Crippen molar-refractivity contribution in [1.82, 2.24) is 0 Å². The second-order valence-electron chi connectivity index (χ2n) is 9.70. The van der Waals surface area contributed by atoms with Gasteiger partial charge >= 0.3 is 5.97 Å². The van der Waals surface area contributed by atoms with Crippen LogP contribution in [0.25, 0.3) is 0 Å². The number of nitriles is 1. The largest absolute Gasteiger partial charge is 0.426 e. The predicted molar refractivity (Wildman–Crippen MR) is 126 cm³/mol. The number of rotatable bonds is 9. The van der Waals surface area contributed by atoms with Crippen molar-refractivity contribution in [2.75, 3.05) is 0 Å². The highest BCUT2D eigenvalue weighted by Crippen LogP contribution is 2.35. The van der Waals surface area contributed by atoms with Crippen LogP contribution >= 0.6 is 0 Å². The van der Waals surface area contributed by atoms with Crippen molar-refractivity contribution in [2.24, 2.45) is 23.7 Å². The van der Waals surface area contributed by atoms with Crippen LogP contribution in [0.5, 0.6) is 5.75 Å². The lowest BCUT2D eigenvalue weighted by Gasteiger charge is -2.28. The molecule has 0 N–H and O–H groups in total. The molecule has 3 heteroatoms. The van der Waals surface area contributed by atoms with E-state index in [1.165, 1.54) is 57.8 Å². The maximum absolute atomic E-state index is 12.4. The van der Waals surface area contributed by atoms with Crippen LogP contribution < -0.4 is 4.74 Å². The first kappa shape index (κ1) is 23.6. The van der Waals surface area contributed by atoms with E-state index in [-0.39, 0.29) is 11.9 Å². The Balaban J connectivity index is 1.29. The Morgan fingerprint density at radius 3 is 2.26 bits per heavy atom. The zero-order chi connectivity index (χ0) is 21.9. The van der Waals surface area contributed by atoms with Gasteiger partial charge in [-0.15, -0.1) is 0 Å². The van der Waals surface area contributed by atoms with Gasteiger partial charge in [0.05, 0.1) is 17.6 Å². The number of unbranched alkanes of at least 4 members (excludes halogenated alkanes) is 1. The van der Waals surface area contributed by atoms with Crippen LogP contribution in [0.15, 0.2) is 36.4 Å². The molecule has 0 amide bonds. The third kappa shape index (κ3) is 7.84. The van der Waals surface area contributed by atoms with Crippen molar-refractivity contribution in [2.45, 2.75) is 90.4 Å². The topological polar surface area (TPSA) is 50.1 Å². The third-order valence-electron chi connectivity index (χ3n) is 7.39. The number of nitrogens with zero attached hydrogens (tertiary/aromatic N) is 1. The maximum atomic E-state index is 12.4. The Morgan fingerprint density at radius 2 is 1.65 bits per heavy atom. The fourth-order valence-corrected chi connectivity index (χ4v) is 5.27. The third-order valence-corrected chi connectivity index (χ3v) is 7.39. The number of hydrogen-bond acceptors (Lipinski definition) is 3. The predicted octanol–water partition coefficient (Wildman–Crippen LogP) is 7.60. The molecule has 31 heavy (non-hydrogen) atoms. The molecule has 0 saturated heterocycles. The van der Waals surface area contributed by atoms with Crippen LogP contribution in [0.1, 0.15) is 96.0 Å². The van der Waals surface area contributed by atoms with Gasteiger partial charge in [-0.05, 0) is 80.5 Å². The lowest BCUT2D eigenvalue weighted by molar-refractivity contribution is -0.140. The first-order valence-corrected chi connectivity index (χ1v) is 12.6. The average Bonchev–Trinajstić information content (AvgIpc) is 2.82. The maximum Gasteiger partial charge on any atom is 0.314 e. The van der Waals surface area contributed by atoms with Crippen LogP contribution in [0, 0.1) is 35.0 Å². The van der Waals surface area contributed by atoms with E-state index in [0.29, 0.717) is 17.2 Å². The summed E-state index contributed by atoms with van der Waals surface area (Å²) in [7, 11) is 0. The Kier molecular flexibility index (Phi) is 9.66. The molecule has 2 saturated carbocycles. The van der Waals surface area contributed by atoms with Gasteiger partial charge in [0.25, 0.3) is 0 Å². The summed E-state index contributed by atoms with van der Waals surface area (Å²) < 4.78 is 5.52. The van der Waals surface area contributed by atoms with E-state index in [9.17, 15) is 4.79 Å². The number of esters is 1. The molecule has 0 radical (unpaired) electrons. The van der Waals surface area contributed by atoms with Gasteiger partial charge < -0.3 is 4.74 Å². The van der Waals surface area contributed by atoms with E-state index >= 15 is 0 Å². The number of ether oxygens (including phenoxy) is 1. The number of hydrogen-bond donors (Lipinski definition) is 0. The second-order valence-corrected chi connectivity index (χ2v) is 9.70. The van der Waals surface area contributed by atoms with Crippen LogP contribution in [0.3, 0.4) is 0 Å². The molecule has 2 aliphatic rings. The fraction of sp³-hybridized carbons (Fsp3) is 0.643. The quantitative estimate of drug-likeness (QED) is 0.234. The monoisotopic (exact) mass is 421 g/mol. The molecule has 0 atom stereocenters. The summed E-state index contributed by atoms with van der Waals surface area (Å²) in [4.78, 5) is 12.4. The molecule has 0 bridgehead atoms. The van der Waals surface area contributed by atoms with Gasteiger partial charge in [0, 0.05) is 0 Å². The minimum absolute atomic E-state index is 0.00295. The number of benzene rings is 1. The molecule has 1 aromatic carbocycles. The van der Waals surface area contributed by atoms with Crippen molar-refractivity contribution in [1.29, 1.82) is 5.26 Å². The molecular formula is C28H39NO2. The molecule has 0 aromatic heterocycles. The molecule has 3 rings (SSSR count). The summed E-state index contributed by atoms with van der Waals surface area (Å²) in [6.07, 6.45) is 21.3. The standard InChI is InChI=1S/C28H39NO2/c1-2-3-6-22-9-11-23(12-10-22)7-4-5-8-24-13-17-26(18-14-24)28(30)31-27-19-15-25(21-29)16-20-27/h5,8,15-16,19-20,22-24,26H,2-4,6-7,9-14,17-18H2,1H3/b8-5+. The van der Waals surface area contributed by atoms with Gasteiger partial charge in [0.15, 0.2) is 0 Å². The summed E-state index contributed by atoms with van der Waals surface area (Å²) in [5.41, 5.74) is 0.576. The van der Waals surface area contributed by atoms with Crippen LogP contribution in [0.4, 0.5) is 0 Å². The zero-order valence-corrected chi connectivity index (χ0v) is 19.2. The number of carbonyl (C=O) groups excluding carboxylic acids is 1. The number of carbonyl (C=O) groups is 1. The first-order valence-electron chi connectivity index (χ1n) is 12.6. The Labute approximate surface area is 188 Å². The van der Waals surface area contributed by atoms with E-state index in [1.54, 1.807) is 24.3 Å². The van der Waals surface area contributed by atoms with Crippen LogP contribution in [-0.2, 0) is 4.79 Å². The van der Waals surface area contributed by atoms with E-state index in [2.05, 4.69) is 25.1 Å². The van der Waals surface area contributed by atoms with Crippen LogP contribution in [0.2, 0.25) is 0 Å². The summed E-state index contributed by atoms with van der Waals surface area (Å²) in [5.74, 6) is 2.97. The van der Waals surface area contributed by atoms with E-state index in [1.807, 2.05) is 0 Å². The molecule has 1 aromatic rings. The van der Waals surface area contributed by atoms with E-state index < -0.39 is 0 Å². The highest BCUT2D eigenvalue weighted by atomic mass is 16.5. The van der Waals surface area contributed by atoms with Gasteiger partial charge in [0.2, 0.25) is 0 Å². The van der Waals surface area contributed by atoms with Crippen molar-refractivity contribution >= 4 is 5.97 Å². The zero-order valence-electron chi connectivity index (χ0n) is 19.2. The molecule has 2 fully saturated rings. The lowest BCUT2D eigenvalue weighted by Crippen LogP contribution is -2.25. The van der Waals surface area contributed by atoms with Gasteiger partial charge in [-0.3, -0.25) is 4.79 Å². The van der Waals surface area contributed by atoms with E-state index in [4.69, 9.17) is 10.00 Å². The normalized spacial score (nSPS) is 26.5. The summed E-state index contributed by atoms with van der Waals surface area (Å²) in [5, 5.41) is 8.85. The molecule has 0 aliphatic heterocycles. The van der Waals surface area contributed by atoms with Gasteiger partial charge in [-0.1, -0.05) is 64.0 Å². The van der Waals surface area contributed by atoms with E-state index in [0.717, 1.165) is 37.5 Å². The highest BCUT2D eigenvalue weighted by molar-refractivity contribution is 5.75. The number of allylic oxidation sites excluding steroid dienone is 2. The summed E-state index contributed by atoms with van der Waals surface area (Å²) in [6, 6.07) is 8.84. The van der Waals surface area contributed by atoms with Crippen molar-refractivity contribution < 1.29 is 9.53 Å². The molecule has 2 aliphatic carbocycles. The van der Waals surface area contributed by atoms with Crippen molar-refractivity contribution in [3.63, 3.8) is 0 Å². The molecular weight excluding hydrogens is 382 g/mol. The van der Waals surface area contributed by atoms with Crippen molar-refractivity contribution in [3.05, 3.63) is 42.0 Å². The van der Waals surface area contributed by atoms with Crippen molar-refractivity contribution in [3.8, 4) is 11.8 Å².